The smallest absolute Gasteiger partial charge is 0.308 e. The molecule has 0 spiro atoms. The summed E-state index contributed by atoms with van der Waals surface area (Å²) in [6, 6.07) is 10.7. The van der Waals surface area contributed by atoms with Crippen LogP contribution in [0.5, 0.6) is 17.2 Å². The van der Waals surface area contributed by atoms with Gasteiger partial charge < -0.3 is 14.2 Å². The maximum Gasteiger partial charge on any atom is 0.308 e. The van der Waals surface area contributed by atoms with E-state index in [4.69, 9.17) is 14.2 Å². The van der Waals surface area contributed by atoms with Crippen LogP contribution in [0.15, 0.2) is 30.3 Å². The highest BCUT2D eigenvalue weighted by Gasteiger charge is 2.32. The lowest BCUT2D eigenvalue weighted by atomic mass is 9.85. The van der Waals surface area contributed by atoms with E-state index < -0.39 is 0 Å². The lowest BCUT2D eigenvalue weighted by Gasteiger charge is -2.33. The zero-order chi connectivity index (χ0) is 20.1. The fraction of sp³-hybridized carbons (Fsp3) is 0.375. The fourth-order valence-corrected chi connectivity index (χ4v) is 5.10. The molecule has 2 heterocycles. The highest BCUT2D eigenvalue weighted by Crippen LogP contribution is 2.44. The summed E-state index contributed by atoms with van der Waals surface area (Å²) in [5.41, 5.74) is 2.80. The number of benzene rings is 3. The van der Waals surface area contributed by atoms with Crippen molar-refractivity contribution in [2.24, 2.45) is 0 Å². The Morgan fingerprint density at radius 3 is 2.41 bits per heavy atom. The first-order valence-electron chi connectivity index (χ1n) is 10.1. The summed E-state index contributed by atoms with van der Waals surface area (Å²) in [6.45, 7) is 3.56. The predicted molar refractivity (Wildman–Crippen MR) is 113 cm³/mol. The number of methoxy groups -OCH3 is 2. The van der Waals surface area contributed by atoms with Gasteiger partial charge in [0.25, 0.3) is 0 Å². The molecule has 1 saturated heterocycles. The molecule has 0 radical (unpaired) electrons. The van der Waals surface area contributed by atoms with Gasteiger partial charge in [0.15, 0.2) is 11.5 Å². The van der Waals surface area contributed by atoms with Gasteiger partial charge in [0, 0.05) is 19.5 Å². The van der Waals surface area contributed by atoms with Gasteiger partial charge in [-0.25, -0.2) is 0 Å². The normalized spacial score (nSPS) is 18.5. The van der Waals surface area contributed by atoms with Crippen LogP contribution in [0.3, 0.4) is 0 Å². The Morgan fingerprint density at radius 1 is 0.966 bits per heavy atom. The van der Waals surface area contributed by atoms with Crippen LogP contribution in [0.25, 0.3) is 21.5 Å². The molecule has 2 aliphatic heterocycles. The van der Waals surface area contributed by atoms with Crippen molar-refractivity contribution in [2.45, 2.75) is 38.8 Å². The molecule has 3 aromatic carbocycles. The Balaban J connectivity index is 1.84. The molecule has 0 N–H and O–H groups in total. The molecule has 5 nitrogen and oxygen atoms in total. The summed E-state index contributed by atoms with van der Waals surface area (Å²) in [5.74, 6) is 1.70. The van der Waals surface area contributed by atoms with E-state index in [1.807, 2.05) is 12.1 Å². The second-order valence-corrected chi connectivity index (χ2v) is 7.98. The number of carbonyl (C=O) groups is 1. The van der Waals surface area contributed by atoms with Gasteiger partial charge in [-0.2, -0.15) is 0 Å². The number of hydrogen-bond acceptors (Lipinski definition) is 5. The Hall–Kier alpha value is -2.79. The molecule has 0 aromatic heterocycles. The monoisotopic (exact) mass is 391 g/mol. The second kappa shape index (κ2) is 6.92. The molecule has 0 amide bonds. The number of hydrogen-bond donors (Lipinski definition) is 0. The minimum absolute atomic E-state index is 0.314. The zero-order valence-electron chi connectivity index (χ0n) is 17.1. The largest absolute Gasteiger partial charge is 0.493 e. The van der Waals surface area contributed by atoms with Gasteiger partial charge in [0.2, 0.25) is 0 Å². The number of rotatable bonds is 3. The number of esters is 1. The van der Waals surface area contributed by atoms with Crippen molar-refractivity contribution in [1.29, 1.82) is 0 Å². The Labute approximate surface area is 170 Å². The van der Waals surface area contributed by atoms with Gasteiger partial charge in [-0.15, -0.1) is 0 Å². The van der Waals surface area contributed by atoms with E-state index in [1.165, 1.54) is 48.2 Å². The van der Waals surface area contributed by atoms with Crippen LogP contribution in [0.4, 0.5) is 0 Å². The van der Waals surface area contributed by atoms with Crippen molar-refractivity contribution in [1.82, 2.24) is 4.90 Å². The molecule has 0 aliphatic carbocycles. The van der Waals surface area contributed by atoms with Crippen LogP contribution in [0.1, 0.15) is 30.9 Å². The Bertz CT molecular complexity index is 1140. The third-order valence-electron chi connectivity index (χ3n) is 6.38. The first kappa shape index (κ1) is 18.3. The van der Waals surface area contributed by atoms with Gasteiger partial charge >= 0.3 is 5.97 Å². The van der Waals surface area contributed by atoms with E-state index in [9.17, 15) is 4.79 Å². The highest BCUT2D eigenvalue weighted by molar-refractivity contribution is 6.12. The lowest BCUT2D eigenvalue weighted by molar-refractivity contribution is -0.131. The fourth-order valence-electron chi connectivity index (χ4n) is 5.10. The number of ether oxygens (including phenoxy) is 3. The average Bonchev–Trinajstić information content (AvgIpc) is 3.18. The Kier molecular flexibility index (Phi) is 4.36. The molecular formula is C24H25NO4. The van der Waals surface area contributed by atoms with Crippen LogP contribution >= 0.6 is 0 Å². The molecule has 0 bridgehead atoms. The minimum Gasteiger partial charge on any atom is -0.493 e. The van der Waals surface area contributed by atoms with Gasteiger partial charge in [0.05, 0.1) is 14.2 Å². The van der Waals surface area contributed by atoms with Gasteiger partial charge in [-0.05, 0) is 82.7 Å². The van der Waals surface area contributed by atoms with Gasteiger partial charge in [-0.3, -0.25) is 9.69 Å². The predicted octanol–water partition coefficient (Wildman–Crippen LogP) is 4.46. The van der Waals surface area contributed by atoms with Crippen LogP contribution in [0, 0.1) is 0 Å². The van der Waals surface area contributed by atoms with Crippen molar-refractivity contribution in [3.63, 3.8) is 0 Å². The zero-order valence-corrected chi connectivity index (χ0v) is 17.1. The summed E-state index contributed by atoms with van der Waals surface area (Å²) < 4.78 is 16.6. The van der Waals surface area contributed by atoms with Crippen LogP contribution in [-0.2, 0) is 17.8 Å². The maximum atomic E-state index is 11.5. The van der Waals surface area contributed by atoms with Crippen molar-refractivity contribution in [3.05, 3.63) is 41.5 Å². The molecule has 1 atom stereocenters. The van der Waals surface area contributed by atoms with Crippen molar-refractivity contribution in [2.75, 3.05) is 20.8 Å². The van der Waals surface area contributed by atoms with Crippen LogP contribution < -0.4 is 14.2 Å². The Morgan fingerprint density at radius 2 is 1.69 bits per heavy atom. The highest BCUT2D eigenvalue weighted by atomic mass is 16.5. The summed E-state index contributed by atoms with van der Waals surface area (Å²) >= 11 is 0. The molecule has 29 heavy (non-hydrogen) atoms. The molecule has 2 aliphatic rings. The number of carbonyl (C=O) groups excluding carboxylic acids is 1. The van der Waals surface area contributed by atoms with Crippen molar-refractivity contribution in [3.8, 4) is 17.2 Å². The quantitative estimate of drug-likeness (QED) is 0.375. The molecule has 3 aromatic rings. The second-order valence-electron chi connectivity index (χ2n) is 7.98. The summed E-state index contributed by atoms with van der Waals surface area (Å²) in [7, 11) is 3.33. The molecular weight excluding hydrogens is 366 g/mol. The molecule has 1 fully saturated rings. The molecule has 5 heteroatoms. The topological polar surface area (TPSA) is 48.0 Å². The average molecular weight is 391 g/mol. The lowest BCUT2D eigenvalue weighted by Crippen LogP contribution is -2.35. The third-order valence-corrected chi connectivity index (χ3v) is 6.38. The molecule has 0 unspecified atom stereocenters. The molecule has 150 valence electrons. The molecule has 0 saturated carbocycles. The summed E-state index contributed by atoms with van der Waals surface area (Å²) in [4.78, 5) is 14.1. The van der Waals surface area contributed by atoms with E-state index in [1.54, 1.807) is 14.2 Å². The minimum atomic E-state index is -0.314. The summed E-state index contributed by atoms with van der Waals surface area (Å²) in [6.07, 6.45) is 3.59. The van der Waals surface area contributed by atoms with E-state index in [0.717, 1.165) is 29.5 Å². The van der Waals surface area contributed by atoms with E-state index >= 15 is 0 Å². The number of nitrogens with zero attached hydrogens (tertiary/aromatic N) is 1. The molecule has 5 rings (SSSR count). The first-order chi connectivity index (χ1) is 14.1. The van der Waals surface area contributed by atoms with Crippen molar-refractivity contribution < 1.29 is 19.0 Å². The van der Waals surface area contributed by atoms with Gasteiger partial charge in [0.1, 0.15) is 5.75 Å². The van der Waals surface area contributed by atoms with E-state index in [0.29, 0.717) is 17.5 Å². The SMILES string of the molecule is COc1cc2c3c(c4ccc(OC(C)=O)cc4c2cc1OC)CN1CCC[C@@H]1C3. The maximum absolute atomic E-state index is 11.5. The number of fused-ring (bicyclic) bond motifs is 7. The van der Waals surface area contributed by atoms with E-state index in [2.05, 4.69) is 23.1 Å². The van der Waals surface area contributed by atoms with Crippen LogP contribution in [-0.4, -0.2) is 37.7 Å². The van der Waals surface area contributed by atoms with Crippen molar-refractivity contribution >= 4 is 27.5 Å². The van der Waals surface area contributed by atoms with E-state index in [-0.39, 0.29) is 5.97 Å². The van der Waals surface area contributed by atoms with Crippen LogP contribution in [0.2, 0.25) is 0 Å². The van der Waals surface area contributed by atoms with Gasteiger partial charge in [-0.1, -0.05) is 6.07 Å². The first-order valence-corrected chi connectivity index (χ1v) is 10.1. The third kappa shape index (κ3) is 2.92. The standard InChI is InChI=1S/C24H25NO4/c1-14(26)29-16-6-7-17-19(10-16)21-12-24(28-3)23(27-2)11-20(21)18-9-15-5-4-8-25(15)13-22(17)18/h6-7,10-12,15H,4-5,8-9,13H2,1-3H3/t15-/m1/s1. The summed E-state index contributed by atoms with van der Waals surface area (Å²) in [5, 5.41) is 4.62.